The minimum absolute atomic E-state index is 0.0288. The second-order valence-corrected chi connectivity index (χ2v) is 6.54. The predicted octanol–water partition coefficient (Wildman–Crippen LogP) is 3.41. The fraction of sp³-hybridized carbons (Fsp3) is 0.353. The summed E-state index contributed by atoms with van der Waals surface area (Å²) in [6.07, 6.45) is 6.45. The highest BCUT2D eigenvalue weighted by atomic mass is 19.1. The lowest BCUT2D eigenvalue weighted by Crippen LogP contribution is -2.07. The van der Waals surface area contributed by atoms with Gasteiger partial charge in [-0.3, -0.25) is 0 Å². The van der Waals surface area contributed by atoms with Crippen LogP contribution in [0, 0.1) is 11.6 Å². The number of rotatable bonds is 4. The summed E-state index contributed by atoms with van der Waals surface area (Å²) in [4.78, 5) is 13.1. The van der Waals surface area contributed by atoms with Crippen LogP contribution < -0.4 is 5.32 Å². The Kier molecular flexibility index (Phi) is 2.86. The first-order valence-corrected chi connectivity index (χ1v) is 8.10. The Hall–Kier alpha value is -2.57. The summed E-state index contributed by atoms with van der Waals surface area (Å²) in [5, 5.41) is 3.33. The first kappa shape index (κ1) is 13.8. The molecule has 0 aliphatic heterocycles. The maximum atomic E-state index is 13.9. The zero-order chi connectivity index (χ0) is 16.3. The molecule has 2 aliphatic carbocycles. The SMILES string of the molecule is Fc1ccc([C@@H]2C[C@H]2Nc2ncnc3c2ncn3C2CC2)c(F)c1. The van der Waals surface area contributed by atoms with Crippen molar-refractivity contribution >= 4 is 17.0 Å². The fourth-order valence-electron chi connectivity index (χ4n) is 3.25. The summed E-state index contributed by atoms with van der Waals surface area (Å²) >= 11 is 0. The van der Waals surface area contributed by atoms with Crippen molar-refractivity contribution in [2.75, 3.05) is 5.32 Å². The molecule has 5 nitrogen and oxygen atoms in total. The molecular formula is C17H15F2N5. The molecule has 3 aromatic rings. The van der Waals surface area contributed by atoms with Crippen molar-refractivity contribution in [3.63, 3.8) is 0 Å². The Morgan fingerprint density at radius 1 is 1.12 bits per heavy atom. The number of anilines is 1. The van der Waals surface area contributed by atoms with E-state index in [-0.39, 0.29) is 12.0 Å². The fourth-order valence-corrected chi connectivity index (χ4v) is 3.25. The van der Waals surface area contributed by atoms with E-state index in [1.165, 1.54) is 18.5 Å². The van der Waals surface area contributed by atoms with E-state index in [0.29, 0.717) is 17.4 Å². The summed E-state index contributed by atoms with van der Waals surface area (Å²) in [6.45, 7) is 0. The monoisotopic (exact) mass is 327 g/mol. The van der Waals surface area contributed by atoms with Gasteiger partial charge in [0, 0.05) is 24.1 Å². The quantitative estimate of drug-likeness (QED) is 0.798. The van der Waals surface area contributed by atoms with Gasteiger partial charge >= 0.3 is 0 Å². The predicted molar refractivity (Wildman–Crippen MR) is 84.7 cm³/mol. The molecule has 2 heterocycles. The number of aromatic nitrogens is 4. The molecule has 2 fully saturated rings. The molecule has 1 N–H and O–H groups in total. The van der Waals surface area contributed by atoms with Crippen molar-refractivity contribution in [1.29, 1.82) is 0 Å². The van der Waals surface area contributed by atoms with Crippen molar-refractivity contribution in [3.05, 3.63) is 48.1 Å². The first-order chi connectivity index (χ1) is 11.7. The van der Waals surface area contributed by atoms with Gasteiger partial charge in [-0.25, -0.2) is 23.7 Å². The average Bonchev–Trinajstić information content (AvgIpc) is 3.48. The van der Waals surface area contributed by atoms with Crippen molar-refractivity contribution < 1.29 is 8.78 Å². The van der Waals surface area contributed by atoms with Crippen molar-refractivity contribution in [3.8, 4) is 0 Å². The normalized spacial score (nSPS) is 22.8. The number of imidazole rings is 1. The minimum atomic E-state index is -0.551. The highest BCUT2D eigenvalue weighted by Crippen LogP contribution is 2.44. The van der Waals surface area contributed by atoms with E-state index in [2.05, 4.69) is 24.8 Å². The standard InChI is InChI=1S/C17H15F2N5/c18-9-1-4-11(13(19)5-9)12-6-14(12)23-16-15-17(21-7-20-16)24(8-22-15)10-2-3-10/h1,4-5,7-8,10,12,14H,2-3,6H2,(H,20,21,23)/t12-,14+/m0/s1. The molecule has 0 unspecified atom stereocenters. The first-order valence-electron chi connectivity index (χ1n) is 8.10. The third-order valence-corrected chi connectivity index (χ3v) is 4.77. The molecular weight excluding hydrogens is 312 g/mol. The molecule has 2 atom stereocenters. The van der Waals surface area contributed by atoms with Crippen LogP contribution >= 0.6 is 0 Å². The van der Waals surface area contributed by atoms with E-state index in [9.17, 15) is 8.78 Å². The zero-order valence-corrected chi connectivity index (χ0v) is 12.8. The molecule has 0 radical (unpaired) electrons. The van der Waals surface area contributed by atoms with E-state index in [1.54, 1.807) is 0 Å². The summed E-state index contributed by atoms with van der Waals surface area (Å²) in [5.41, 5.74) is 2.12. The van der Waals surface area contributed by atoms with E-state index >= 15 is 0 Å². The molecule has 7 heteroatoms. The number of hydrogen-bond donors (Lipinski definition) is 1. The lowest BCUT2D eigenvalue weighted by atomic mass is 10.1. The number of fused-ring (bicyclic) bond motifs is 1. The van der Waals surface area contributed by atoms with E-state index in [0.717, 1.165) is 36.5 Å². The number of halogens is 2. The van der Waals surface area contributed by atoms with Gasteiger partial charge in [-0.05, 0) is 30.9 Å². The van der Waals surface area contributed by atoms with Crippen LogP contribution in [0.1, 0.15) is 36.8 Å². The van der Waals surface area contributed by atoms with Gasteiger partial charge in [0.05, 0.1) is 6.33 Å². The number of benzene rings is 1. The molecule has 2 aliphatic rings. The third-order valence-electron chi connectivity index (χ3n) is 4.77. The minimum Gasteiger partial charge on any atom is -0.365 e. The summed E-state index contributed by atoms with van der Waals surface area (Å²) in [6, 6.07) is 4.33. The molecule has 0 amide bonds. The molecule has 0 spiro atoms. The molecule has 5 rings (SSSR count). The van der Waals surface area contributed by atoms with Crippen LogP contribution in [0.15, 0.2) is 30.9 Å². The molecule has 2 aromatic heterocycles. The number of nitrogens with zero attached hydrogens (tertiary/aromatic N) is 4. The van der Waals surface area contributed by atoms with Gasteiger partial charge in [-0.15, -0.1) is 0 Å². The zero-order valence-electron chi connectivity index (χ0n) is 12.8. The second-order valence-electron chi connectivity index (χ2n) is 6.54. The lowest BCUT2D eigenvalue weighted by Gasteiger charge is -2.07. The van der Waals surface area contributed by atoms with Crippen LogP contribution in [0.25, 0.3) is 11.2 Å². The van der Waals surface area contributed by atoms with Crippen molar-refractivity contribution in [2.45, 2.75) is 37.3 Å². The van der Waals surface area contributed by atoms with Crippen LogP contribution in [0.4, 0.5) is 14.6 Å². The largest absolute Gasteiger partial charge is 0.365 e. The number of hydrogen-bond acceptors (Lipinski definition) is 4. The third kappa shape index (κ3) is 2.23. The Morgan fingerprint density at radius 3 is 2.79 bits per heavy atom. The van der Waals surface area contributed by atoms with Crippen molar-refractivity contribution in [2.24, 2.45) is 0 Å². The molecule has 2 saturated carbocycles. The molecule has 24 heavy (non-hydrogen) atoms. The van der Waals surface area contributed by atoms with Crippen LogP contribution in [-0.2, 0) is 0 Å². The smallest absolute Gasteiger partial charge is 0.165 e. The van der Waals surface area contributed by atoms with Crippen LogP contribution in [0.3, 0.4) is 0 Å². The molecule has 0 saturated heterocycles. The van der Waals surface area contributed by atoms with Gasteiger partial charge < -0.3 is 9.88 Å². The maximum Gasteiger partial charge on any atom is 0.165 e. The van der Waals surface area contributed by atoms with Crippen LogP contribution in [0.2, 0.25) is 0 Å². The average molecular weight is 327 g/mol. The van der Waals surface area contributed by atoms with Gasteiger partial charge in [0.1, 0.15) is 23.5 Å². The molecule has 0 bridgehead atoms. The van der Waals surface area contributed by atoms with Gasteiger partial charge in [0.15, 0.2) is 11.5 Å². The van der Waals surface area contributed by atoms with Gasteiger partial charge in [-0.1, -0.05) is 6.07 Å². The molecule has 122 valence electrons. The lowest BCUT2D eigenvalue weighted by molar-refractivity contribution is 0.572. The molecule has 1 aromatic carbocycles. The summed E-state index contributed by atoms with van der Waals surface area (Å²) < 4.78 is 29.0. The Bertz CT molecular complexity index is 934. The van der Waals surface area contributed by atoms with Crippen molar-refractivity contribution in [1.82, 2.24) is 19.5 Å². The Balaban J connectivity index is 1.40. The van der Waals surface area contributed by atoms with E-state index in [4.69, 9.17) is 0 Å². The Labute approximate surface area is 136 Å². The van der Waals surface area contributed by atoms with E-state index in [1.807, 2.05) is 6.33 Å². The van der Waals surface area contributed by atoms with Crippen LogP contribution in [-0.4, -0.2) is 25.6 Å². The summed E-state index contributed by atoms with van der Waals surface area (Å²) in [7, 11) is 0. The Morgan fingerprint density at radius 2 is 2.00 bits per heavy atom. The summed E-state index contributed by atoms with van der Waals surface area (Å²) in [5.74, 6) is -0.338. The van der Waals surface area contributed by atoms with Crippen LogP contribution in [0.5, 0.6) is 0 Å². The highest BCUT2D eigenvalue weighted by molar-refractivity contribution is 5.83. The highest BCUT2D eigenvalue weighted by Gasteiger charge is 2.40. The second kappa shape index (κ2) is 4.96. The van der Waals surface area contributed by atoms with E-state index < -0.39 is 11.6 Å². The number of nitrogens with one attached hydrogen (secondary N) is 1. The van der Waals surface area contributed by atoms with Gasteiger partial charge in [-0.2, -0.15) is 0 Å². The maximum absolute atomic E-state index is 13.9. The van der Waals surface area contributed by atoms with Gasteiger partial charge in [0.2, 0.25) is 0 Å². The van der Waals surface area contributed by atoms with Gasteiger partial charge in [0.25, 0.3) is 0 Å². The topological polar surface area (TPSA) is 55.6 Å².